The Kier molecular flexibility index (Phi) is 3.53. The lowest BCUT2D eigenvalue weighted by molar-refractivity contribution is -0.134. The Morgan fingerprint density at radius 2 is 1.86 bits per heavy atom. The van der Waals surface area contributed by atoms with E-state index in [1.165, 1.54) is 0 Å². The largest absolute Gasteiger partial charge is 0.341 e. The van der Waals surface area contributed by atoms with Crippen LogP contribution in [0.2, 0.25) is 0 Å². The zero-order valence-corrected chi connectivity index (χ0v) is 9.76. The van der Waals surface area contributed by atoms with Crippen LogP contribution in [0.1, 0.15) is 33.6 Å². The quantitative estimate of drug-likeness (QED) is 0.724. The van der Waals surface area contributed by atoms with E-state index in [0.717, 1.165) is 25.9 Å². The molecule has 14 heavy (non-hydrogen) atoms. The van der Waals surface area contributed by atoms with E-state index in [1.54, 1.807) is 0 Å². The first-order valence-corrected chi connectivity index (χ1v) is 5.42. The minimum Gasteiger partial charge on any atom is -0.341 e. The van der Waals surface area contributed by atoms with E-state index in [9.17, 15) is 4.79 Å². The molecule has 1 rings (SSSR count). The lowest BCUT2D eigenvalue weighted by Crippen LogP contribution is -2.48. The van der Waals surface area contributed by atoms with Crippen LogP contribution in [0.5, 0.6) is 0 Å². The second-order valence-electron chi connectivity index (χ2n) is 5.00. The summed E-state index contributed by atoms with van der Waals surface area (Å²) in [4.78, 5) is 13.8. The number of carbonyl (C=O) groups excluding carboxylic acids is 1. The van der Waals surface area contributed by atoms with E-state index in [0.29, 0.717) is 5.41 Å². The zero-order chi connectivity index (χ0) is 10.8. The zero-order valence-electron chi connectivity index (χ0n) is 9.76. The van der Waals surface area contributed by atoms with Crippen LogP contribution < -0.4 is 5.32 Å². The molecule has 0 spiro atoms. The average Bonchev–Trinajstić information content (AvgIpc) is 2.15. The maximum absolute atomic E-state index is 11.8. The standard InChI is InChI=1S/C11H22N2O/c1-9(12-4)10(14)13-7-5-11(2,3)6-8-13/h9,12H,5-8H2,1-4H3. The highest BCUT2D eigenvalue weighted by molar-refractivity contribution is 5.81. The predicted molar refractivity (Wildman–Crippen MR) is 58.1 cm³/mol. The minimum atomic E-state index is -0.0452. The van der Waals surface area contributed by atoms with E-state index >= 15 is 0 Å². The topological polar surface area (TPSA) is 32.3 Å². The summed E-state index contributed by atoms with van der Waals surface area (Å²) >= 11 is 0. The molecule has 0 saturated carbocycles. The van der Waals surface area contributed by atoms with Crippen LogP contribution in [0, 0.1) is 5.41 Å². The van der Waals surface area contributed by atoms with Crippen molar-refractivity contribution in [2.75, 3.05) is 20.1 Å². The maximum Gasteiger partial charge on any atom is 0.239 e. The second-order valence-corrected chi connectivity index (χ2v) is 5.00. The lowest BCUT2D eigenvalue weighted by atomic mass is 9.82. The first-order valence-electron chi connectivity index (χ1n) is 5.42. The van der Waals surface area contributed by atoms with Crippen molar-refractivity contribution in [3.8, 4) is 0 Å². The van der Waals surface area contributed by atoms with Crippen molar-refractivity contribution in [3.63, 3.8) is 0 Å². The number of nitrogens with zero attached hydrogens (tertiary/aromatic N) is 1. The molecule has 1 aliphatic rings. The van der Waals surface area contributed by atoms with Gasteiger partial charge in [0.15, 0.2) is 0 Å². The van der Waals surface area contributed by atoms with Crippen molar-refractivity contribution in [2.24, 2.45) is 5.41 Å². The Morgan fingerprint density at radius 1 is 1.36 bits per heavy atom. The lowest BCUT2D eigenvalue weighted by Gasteiger charge is -2.37. The Hall–Kier alpha value is -0.570. The van der Waals surface area contributed by atoms with Crippen LogP contribution in [-0.2, 0) is 4.79 Å². The van der Waals surface area contributed by atoms with Gasteiger partial charge in [0, 0.05) is 13.1 Å². The molecular formula is C11H22N2O. The van der Waals surface area contributed by atoms with Gasteiger partial charge in [0.05, 0.1) is 6.04 Å². The number of nitrogens with one attached hydrogen (secondary N) is 1. The highest BCUT2D eigenvalue weighted by Gasteiger charge is 2.29. The third-order valence-corrected chi connectivity index (χ3v) is 3.23. The van der Waals surface area contributed by atoms with Gasteiger partial charge in [0.2, 0.25) is 5.91 Å². The fourth-order valence-corrected chi connectivity index (χ4v) is 1.73. The molecular weight excluding hydrogens is 176 g/mol. The van der Waals surface area contributed by atoms with Gasteiger partial charge in [0.25, 0.3) is 0 Å². The molecule has 3 nitrogen and oxygen atoms in total. The summed E-state index contributed by atoms with van der Waals surface area (Å²) in [5.41, 5.74) is 0.416. The van der Waals surface area contributed by atoms with E-state index in [4.69, 9.17) is 0 Å². The SMILES string of the molecule is CNC(C)C(=O)N1CCC(C)(C)CC1. The van der Waals surface area contributed by atoms with Gasteiger partial charge in [-0.2, -0.15) is 0 Å². The van der Waals surface area contributed by atoms with Crippen LogP contribution in [0.25, 0.3) is 0 Å². The molecule has 1 N–H and O–H groups in total. The summed E-state index contributed by atoms with van der Waals surface area (Å²) in [5.74, 6) is 0.239. The van der Waals surface area contributed by atoms with Crippen LogP contribution in [-0.4, -0.2) is 37.0 Å². The first-order chi connectivity index (χ1) is 6.46. The van der Waals surface area contributed by atoms with Crippen molar-refractivity contribution < 1.29 is 4.79 Å². The highest BCUT2D eigenvalue weighted by atomic mass is 16.2. The molecule has 1 fully saturated rings. The number of likely N-dealkylation sites (tertiary alicyclic amines) is 1. The van der Waals surface area contributed by atoms with Crippen LogP contribution in [0.3, 0.4) is 0 Å². The molecule has 1 aliphatic heterocycles. The fraction of sp³-hybridized carbons (Fsp3) is 0.909. The monoisotopic (exact) mass is 198 g/mol. The molecule has 1 atom stereocenters. The molecule has 1 heterocycles. The van der Waals surface area contributed by atoms with Gasteiger partial charge >= 0.3 is 0 Å². The molecule has 0 aromatic heterocycles. The van der Waals surface area contributed by atoms with Gasteiger partial charge in [-0.15, -0.1) is 0 Å². The van der Waals surface area contributed by atoms with E-state index in [1.807, 2.05) is 18.9 Å². The number of rotatable bonds is 2. The Balaban J connectivity index is 2.46. The van der Waals surface area contributed by atoms with Crippen molar-refractivity contribution in [1.82, 2.24) is 10.2 Å². The molecule has 1 unspecified atom stereocenters. The third kappa shape index (κ3) is 2.71. The Bertz CT molecular complexity index is 203. The number of piperidine rings is 1. The summed E-state index contributed by atoms with van der Waals surface area (Å²) in [7, 11) is 1.83. The van der Waals surface area contributed by atoms with Gasteiger partial charge in [-0.05, 0) is 32.2 Å². The average molecular weight is 198 g/mol. The van der Waals surface area contributed by atoms with Crippen molar-refractivity contribution in [1.29, 1.82) is 0 Å². The predicted octanol–water partition coefficient (Wildman–Crippen LogP) is 1.24. The van der Waals surface area contributed by atoms with E-state index in [-0.39, 0.29) is 11.9 Å². The molecule has 82 valence electrons. The van der Waals surface area contributed by atoms with Crippen LogP contribution in [0.15, 0.2) is 0 Å². The second kappa shape index (κ2) is 4.30. The molecule has 0 aliphatic carbocycles. The smallest absolute Gasteiger partial charge is 0.239 e. The molecule has 3 heteroatoms. The fourth-order valence-electron chi connectivity index (χ4n) is 1.73. The van der Waals surface area contributed by atoms with Gasteiger partial charge < -0.3 is 10.2 Å². The number of hydrogen-bond acceptors (Lipinski definition) is 2. The summed E-state index contributed by atoms with van der Waals surface area (Å²) in [6.45, 7) is 8.30. The van der Waals surface area contributed by atoms with Crippen LogP contribution in [0.4, 0.5) is 0 Å². The summed E-state index contributed by atoms with van der Waals surface area (Å²) in [5, 5.41) is 2.99. The summed E-state index contributed by atoms with van der Waals surface area (Å²) in [6, 6.07) is -0.0452. The number of likely N-dealkylation sites (N-methyl/N-ethyl adjacent to an activating group) is 1. The molecule has 0 bridgehead atoms. The molecule has 0 radical (unpaired) electrons. The van der Waals surface area contributed by atoms with Crippen LogP contribution >= 0.6 is 0 Å². The van der Waals surface area contributed by atoms with Crippen molar-refractivity contribution in [3.05, 3.63) is 0 Å². The molecule has 1 saturated heterocycles. The highest BCUT2D eigenvalue weighted by Crippen LogP contribution is 2.29. The maximum atomic E-state index is 11.8. The normalized spacial score (nSPS) is 23.3. The van der Waals surface area contributed by atoms with E-state index < -0.39 is 0 Å². The number of amides is 1. The summed E-state index contributed by atoms with van der Waals surface area (Å²) < 4.78 is 0. The minimum absolute atomic E-state index is 0.0452. The third-order valence-electron chi connectivity index (χ3n) is 3.23. The number of hydrogen-bond donors (Lipinski definition) is 1. The van der Waals surface area contributed by atoms with E-state index in [2.05, 4.69) is 19.2 Å². The Labute approximate surface area is 86.9 Å². The molecule has 0 aromatic rings. The van der Waals surface area contributed by atoms with Gasteiger partial charge in [0.1, 0.15) is 0 Å². The first kappa shape index (κ1) is 11.5. The van der Waals surface area contributed by atoms with Gasteiger partial charge in [-0.3, -0.25) is 4.79 Å². The summed E-state index contributed by atoms with van der Waals surface area (Å²) in [6.07, 6.45) is 2.24. The van der Waals surface area contributed by atoms with Gasteiger partial charge in [-0.1, -0.05) is 13.8 Å². The molecule has 0 aromatic carbocycles. The van der Waals surface area contributed by atoms with Crippen molar-refractivity contribution in [2.45, 2.75) is 39.7 Å². The molecule has 1 amide bonds. The van der Waals surface area contributed by atoms with Gasteiger partial charge in [-0.25, -0.2) is 0 Å². The Morgan fingerprint density at radius 3 is 2.29 bits per heavy atom. The number of carbonyl (C=O) groups is 1. The van der Waals surface area contributed by atoms with Crippen molar-refractivity contribution >= 4 is 5.91 Å².